The minimum atomic E-state index is -1.59. The molecule has 0 saturated carbocycles. The van der Waals surface area contributed by atoms with Gasteiger partial charge in [-0.3, -0.25) is 0 Å². The van der Waals surface area contributed by atoms with Crippen LogP contribution in [0.15, 0.2) is 30.1 Å². The molecular formula is C7H5N2OP. The first kappa shape index (κ1) is 6.65. The number of aromatic nitrogens is 2. The summed E-state index contributed by atoms with van der Waals surface area (Å²) >= 11 is 0. The molecule has 0 radical (unpaired) electrons. The third kappa shape index (κ3) is 1.20. The molecular weight excluding hydrogens is 159 g/mol. The van der Waals surface area contributed by atoms with E-state index in [2.05, 4.69) is 9.96 Å². The van der Waals surface area contributed by atoms with E-state index in [1.165, 1.54) is 0 Å². The smallest absolute Gasteiger partial charge is 0.227 e. The first-order valence-electron chi connectivity index (χ1n) is 3.18. The Morgan fingerprint density at radius 1 is 1.27 bits per heavy atom. The number of fused-ring (bicyclic) bond motifs is 1. The fourth-order valence-electron chi connectivity index (χ4n) is 0.925. The zero-order valence-corrected chi connectivity index (χ0v) is 6.53. The van der Waals surface area contributed by atoms with Crippen LogP contribution in [0.5, 0.6) is 0 Å². The van der Waals surface area contributed by atoms with Gasteiger partial charge >= 0.3 is 0 Å². The highest BCUT2D eigenvalue weighted by Crippen LogP contribution is 2.17. The van der Waals surface area contributed by atoms with Crippen LogP contribution in [0.3, 0.4) is 0 Å². The molecule has 4 heteroatoms. The van der Waals surface area contributed by atoms with Gasteiger partial charge in [-0.25, -0.2) is 0 Å². The predicted molar refractivity (Wildman–Crippen MR) is 42.1 cm³/mol. The highest BCUT2D eigenvalue weighted by molar-refractivity contribution is 7.37. The summed E-state index contributed by atoms with van der Waals surface area (Å²) < 4.78 is 0. The largest absolute Gasteiger partial charge is 0.606 e. The Bertz CT molecular complexity index is 391. The van der Waals surface area contributed by atoms with Gasteiger partial charge in [0.1, 0.15) is 11.3 Å². The molecule has 1 heterocycles. The van der Waals surface area contributed by atoms with Gasteiger partial charge in [-0.05, 0) is 12.1 Å². The van der Waals surface area contributed by atoms with Crippen molar-refractivity contribution in [2.75, 3.05) is 0 Å². The van der Waals surface area contributed by atoms with Gasteiger partial charge in [0.25, 0.3) is 0 Å². The summed E-state index contributed by atoms with van der Waals surface area (Å²) in [7, 11) is -1.59. The maximum absolute atomic E-state index is 10.9. The van der Waals surface area contributed by atoms with Crippen molar-refractivity contribution in [2.24, 2.45) is 0 Å². The average molecular weight is 164 g/mol. The molecule has 54 valence electrons. The third-order valence-corrected chi connectivity index (χ3v) is 2.19. The number of nitrogens with zero attached hydrogens (tertiary/aromatic N) is 2. The zero-order chi connectivity index (χ0) is 7.68. The fraction of sp³-hybridized carbons (Fsp3) is 0. The van der Waals surface area contributed by atoms with E-state index in [0.29, 0.717) is 0 Å². The first-order valence-corrected chi connectivity index (χ1v) is 4.46. The lowest BCUT2D eigenvalue weighted by Crippen LogP contribution is -1.89. The lowest BCUT2D eigenvalue weighted by Gasteiger charge is -1.90. The van der Waals surface area contributed by atoms with E-state index in [-0.39, 0.29) is 0 Å². The molecule has 2 aromatic rings. The molecule has 11 heavy (non-hydrogen) atoms. The van der Waals surface area contributed by atoms with Crippen LogP contribution in [0.25, 0.3) is 10.9 Å². The van der Waals surface area contributed by atoms with Crippen molar-refractivity contribution in [3.8, 4) is 0 Å². The molecule has 1 aromatic carbocycles. The molecule has 1 unspecified atom stereocenters. The summed E-state index contributed by atoms with van der Waals surface area (Å²) in [6.45, 7) is 0. The van der Waals surface area contributed by atoms with Gasteiger partial charge in [-0.15, -0.1) is 5.10 Å². The summed E-state index contributed by atoms with van der Waals surface area (Å²) in [4.78, 5) is 14.4. The first-order chi connectivity index (χ1) is 5.36. The second kappa shape index (κ2) is 2.53. The van der Waals surface area contributed by atoms with Gasteiger partial charge in [0.05, 0.1) is 0 Å². The van der Waals surface area contributed by atoms with Crippen molar-refractivity contribution in [3.05, 3.63) is 30.1 Å². The van der Waals surface area contributed by atoms with Crippen molar-refractivity contribution in [3.63, 3.8) is 0 Å². The van der Waals surface area contributed by atoms with Crippen molar-refractivity contribution >= 4 is 18.8 Å². The van der Waals surface area contributed by atoms with Gasteiger partial charge in [-0.2, -0.15) is 0 Å². The minimum absolute atomic E-state index is 0.794. The Labute approximate surface area is 64.5 Å². The number of benzene rings is 1. The molecule has 0 saturated heterocycles. The normalized spacial score (nSPS) is 11.9. The van der Waals surface area contributed by atoms with Crippen LogP contribution >= 0.6 is 7.92 Å². The Kier molecular flexibility index (Phi) is 1.53. The fourth-order valence-corrected chi connectivity index (χ4v) is 1.62. The molecule has 1 atom stereocenters. The second-order valence-electron chi connectivity index (χ2n) is 2.18. The molecule has 0 amide bonds. The number of hydrogen-bond acceptors (Lipinski definition) is 3. The lowest BCUT2D eigenvalue weighted by molar-refractivity contribution is -0.153. The van der Waals surface area contributed by atoms with Crippen LogP contribution in [-0.2, 0) is 0 Å². The highest BCUT2D eigenvalue weighted by atomic mass is 31.1. The van der Waals surface area contributed by atoms with E-state index < -0.39 is 7.92 Å². The highest BCUT2D eigenvalue weighted by Gasteiger charge is 1.97. The summed E-state index contributed by atoms with van der Waals surface area (Å²) in [5, 5.41) is 4.69. The van der Waals surface area contributed by atoms with Crippen molar-refractivity contribution < 1.29 is 4.89 Å². The summed E-state index contributed by atoms with van der Waals surface area (Å²) in [5.41, 5.74) is 0.794. The number of rotatable bonds is 0. The molecule has 0 aliphatic rings. The van der Waals surface area contributed by atoms with Gasteiger partial charge in [-0.1, -0.05) is 12.1 Å². The van der Waals surface area contributed by atoms with Crippen LogP contribution in [0.1, 0.15) is 0 Å². The van der Waals surface area contributed by atoms with Gasteiger partial charge in [0.15, 0.2) is 0 Å². The maximum Gasteiger partial charge on any atom is 0.227 e. The maximum atomic E-state index is 10.9. The van der Waals surface area contributed by atoms with Gasteiger partial charge in [0.2, 0.25) is 7.92 Å². The third-order valence-electron chi connectivity index (χ3n) is 1.43. The van der Waals surface area contributed by atoms with E-state index in [1.54, 1.807) is 5.80 Å². The molecule has 3 nitrogen and oxygen atoms in total. The molecule has 1 aromatic heterocycles. The Balaban J connectivity index is 2.83. The van der Waals surface area contributed by atoms with Crippen LogP contribution < -0.4 is 4.89 Å². The van der Waals surface area contributed by atoms with Crippen molar-refractivity contribution in [1.82, 2.24) is 9.96 Å². The lowest BCUT2D eigenvalue weighted by atomic mass is 10.3. The predicted octanol–water partition coefficient (Wildman–Crippen LogP) is 1.02. The van der Waals surface area contributed by atoms with E-state index in [4.69, 9.17) is 0 Å². The molecule has 2 rings (SSSR count). The van der Waals surface area contributed by atoms with E-state index >= 15 is 0 Å². The molecule has 0 N–H and O–H groups in total. The standard InChI is InChI=1S/C7H5N2OP/c10-11-5-6-3-1-2-4-7(6)8-9-11/h1-5H. The van der Waals surface area contributed by atoms with Gasteiger partial charge in [0, 0.05) is 10.2 Å². The molecule has 0 spiro atoms. The Morgan fingerprint density at radius 3 is 3.00 bits per heavy atom. The van der Waals surface area contributed by atoms with Crippen molar-refractivity contribution in [1.29, 1.82) is 0 Å². The van der Waals surface area contributed by atoms with E-state index in [9.17, 15) is 4.89 Å². The van der Waals surface area contributed by atoms with E-state index in [0.717, 1.165) is 10.9 Å². The van der Waals surface area contributed by atoms with Crippen molar-refractivity contribution in [2.45, 2.75) is 0 Å². The molecule has 0 bridgehead atoms. The summed E-state index contributed by atoms with van der Waals surface area (Å²) in [6, 6.07) is 7.49. The van der Waals surface area contributed by atoms with Gasteiger partial charge < -0.3 is 4.89 Å². The Hall–Kier alpha value is -1.05. The van der Waals surface area contributed by atoms with E-state index in [1.807, 2.05) is 24.3 Å². The molecule has 0 aliphatic heterocycles. The van der Waals surface area contributed by atoms with Crippen LogP contribution in [0.2, 0.25) is 0 Å². The minimum Gasteiger partial charge on any atom is -0.606 e. The van der Waals surface area contributed by atoms with Crippen LogP contribution in [-0.4, -0.2) is 9.96 Å². The zero-order valence-electron chi connectivity index (χ0n) is 5.64. The molecule has 0 aliphatic carbocycles. The average Bonchev–Trinajstić information content (AvgIpc) is 2.04. The van der Waals surface area contributed by atoms with Crippen LogP contribution in [0.4, 0.5) is 0 Å². The monoisotopic (exact) mass is 164 g/mol. The number of hydrogen-bond donors (Lipinski definition) is 0. The second-order valence-corrected chi connectivity index (χ2v) is 3.22. The topological polar surface area (TPSA) is 48.8 Å². The van der Waals surface area contributed by atoms with Crippen LogP contribution in [0, 0.1) is 0 Å². The summed E-state index contributed by atoms with van der Waals surface area (Å²) in [6.07, 6.45) is 0. The SMILES string of the molecule is [O-][p+]1cc2ccccc2nn1. The summed E-state index contributed by atoms with van der Waals surface area (Å²) in [5.74, 6) is 1.62. The quantitative estimate of drug-likeness (QED) is 0.584. The molecule has 0 fully saturated rings. The Morgan fingerprint density at radius 2 is 2.09 bits per heavy atom.